The standard InChI is InChI=1S/C22H52O14Si8/c1-10-21(9)22(23)25-19-18-20-44-29-38(24,12-3)28-41(15-6)30-39(13-4)26-37(11-2)27-40(14-5,33-44)32-42(16-7,31-39)35-43(17-8,34-41)36-44/h21,24,37H,10-20H2,1-9H3. The van der Waals surface area contributed by atoms with E-state index < -0.39 is 70.9 Å². The molecule has 4 saturated heterocycles. The lowest BCUT2D eigenvalue weighted by Gasteiger charge is -2.59. The van der Waals surface area contributed by atoms with E-state index in [1.165, 1.54) is 0 Å². The minimum Gasteiger partial charge on any atom is -0.465 e. The summed E-state index contributed by atoms with van der Waals surface area (Å²) < 4.78 is 82.0. The summed E-state index contributed by atoms with van der Waals surface area (Å²) in [6.07, 6.45) is 1.03. The lowest BCUT2D eigenvalue weighted by Crippen LogP contribution is -2.83. The van der Waals surface area contributed by atoms with E-state index in [-0.39, 0.29) is 30.6 Å². The fourth-order valence-electron chi connectivity index (χ4n) is 5.32. The molecule has 0 aromatic rings. The molecule has 4 heterocycles. The average Bonchev–Trinajstić information content (AvgIpc) is 2.98. The van der Waals surface area contributed by atoms with Crippen LogP contribution in [0.2, 0.25) is 48.4 Å². The molecule has 22 heteroatoms. The summed E-state index contributed by atoms with van der Waals surface area (Å²) in [5, 5.41) is 0. The van der Waals surface area contributed by atoms with Crippen LogP contribution in [0, 0.1) is 5.92 Å². The highest BCUT2D eigenvalue weighted by Crippen LogP contribution is 2.48. The van der Waals surface area contributed by atoms with Gasteiger partial charge in [-0.3, -0.25) is 4.79 Å². The van der Waals surface area contributed by atoms with Crippen LogP contribution >= 0.6 is 0 Å². The highest BCUT2D eigenvalue weighted by Gasteiger charge is 2.77. The van der Waals surface area contributed by atoms with Gasteiger partial charge in [-0.25, -0.2) is 0 Å². The van der Waals surface area contributed by atoms with Gasteiger partial charge in [0.05, 0.1) is 12.5 Å². The SMILES string of the molecule is CCC(C)C(=O)OCCC[Si]12O[Si](O)(CC)O[Si]3(CC)O[Si]4(CC)O[SiH](CC)O[Si](CC)(O1)O[Si](CC)(O4)O[Si](CC)(O3)O2. The predicted molar refractivity (Wildman–Crippen MR) is 175 cm³/mol. The van der Waals surface area contributed by atoms with Crippen LogP contribution in [-0.2, 0) is 54.8 Å². The van der Waals surface area contributed by atoms with E-state index >= 15 is 0 Å². The molecule has 0 saturated carbocycles. The van der Waals surface area contributed by atoms with Crippen LogP contribution in [0.3, 0.4) is 0 Å². The Morgan fingerprint density at radius 2 is 1.05 bits per heavy atom. The molecule has 1 N–H and O–H groups in total. The maximum atomic E-state index is 12.4. The van der Waals surface area contributed by atoms with Crippen molar-refractivity contribution in [1.29, 1.82) is 0 Å². The number of esters is 1. The van der Waals surface area contributed by atoms with E-state index in [0.29, 0.717) is 49.1 Å². The summed E-state index contributed by atoms with van der Waals surface area (Å²) in [7, 11) is -29.1. The van der Waals surface area contributed by atoms with Crippen molar-refractivity contribution in [2.75, 3.05) is 6.61 Å². The highest BCUT2D eigenvalue weighted by atomic mass is 28.6. The van der Waals surface area contributed by atoms with Crippen LogP contribution in [-0.4, -0.2) is 88.3 Å². The number of hydrogen-bond donors (Lipinski definition) is 1. The first kappa shape index (κ1) is 37.5. The Morgan fingerprint density at radius 1 is 0.636 bits per heavy atom. The first-order valence-corrected chi connectivity index (χ1v) is 31.6. The zero-order chi connectivity index (χ0) is 32.5. The van der Waals surface area contributed by atoms with Crippen molar-refractivity contribution in [3.63, 3.8) is 0 Å². The smallest absolute Gasteiger partial charge is 0.465 e. The molecule has 256 valence electrons. The van der Waals surface area contributed by atoms with E-state index in [1.54, 1.807) is 6.92 Å². The molecule has 9 atom stereocenters. The van der Waals surface area contributed by atoms with Crippen LogP contribution in [0.1, 0.15) is 75.2 Å². The van der Waals surface area contributed by atoms with Crippen LogP contribution in [0.25, 0.3) is 0 Å². The molecular weight excluding hydrogens is 713 g/mol. The Hall–Kier alpha value is 0.725. The normalized spacial score (nSPS) is 44.5. The van der Waals surface area contributed by atoms with Gasteiger partial charge in [-0.05, 0) is 18.9 Å². The molecule has 0 spiro atoms. The number of hydrogen-bond acceptors (Lipinski definition) is 14. The molecule has 0 amide bonds. The Labute approximate surface area is 271 Å². The van der Waals surface area contributed by atoms with Crippen molar-refractivity contribution in [2.24, 2.45) is 5.92 Å². The van der Waals surface area contributed by atoms with Crippen LogP contribution in [0.5, 0.6) is 0 Å². The Morgan fingerprint density at radius 3 is 1.48 bits per heavy atom. The van der Waals surface area contributed by atoms with Gasteiger partial charge in [0.25, 0.3) is 0 Å². The summed E-state index contributed by atoms with van der Waals surface area (Å²) in [6.45, 7) is 17.4. The summed E-state index contributed by atoms with van der Waals surface area (Å²) in [6, 6.07) is 2.78. The number of carbonyl (C=O) groups excluding carboxylic acids is 1. The molecule has 0 aliphatic carbocycles. The van der Waals surface area contributed by atoms with Gasteiger partial charge >= 0.3 is 76.9 Å². The van der Waals surface area contributed by atoms with Crippen molar-refractivity contribution >= 4 is 76.9 Å². The summed E-state index contributed by atoms with van der Waals surface area (Å²) >= 11 is 0. The molecule has 0 radical (unpaired) electrons. The van der Waals surface area contributed by atoms with Crippen molar-refractivity contribution in [3.8, 4) is 0 Å². The summed E-state index contributed by atoms with van der Waals surface area (Å²) in [5.41, 5.74) is 0. The molecule has 9 unspecified atom stereocenters. The molecule has 4 fully saturated rings. The van der Waals surface area contributed by atoms with Gasteiger partial charge in [-0.1, -0.05) is 62.3 Å². The number of rotatable bonds is 13. The fourth-order valence-corrected chi connectivity index (χ4v) is 50.1. The Bertz CT molecular complexity index is 1020. The molecule has 14 nitrogen and oxygen atoms in total. The van der Waals surface area contributed by atoms with E-state index in [9.17, 15) is 9.59 Å². The third kappa shape index (κ3) is 7.63. The molecule has 6 bridgehead atoms. The fraction of sp³-hybridized carbons (Fsp3) is 0.955. The number of ether oxygens (including phenoxy) is 1. The Balaban J connectivity index is 1.90. The first-order chi connectivity index (χ1) is 20.7. The number of carbonyl (C=O) groups is 1. The van der Waals surface area contributed by atoms with Crippen LogP contribution in [0.4, 0.5) is 0 Å². The molecule has 4 aliphatic heterocycles. The second kappa shape index (κ2) is 14.3. The highest BCUT2D eigenvalue weighted by molar-refractivity contribution is 7.00. The maximum Gasteiger partial charge on any atom is 0.483 e. The van der Waals surface area contributed by atoms with Crippen molar-refractivity contribution in [1.82, 2.24) is 0 Å². The zero-order valence-corrected chi connectivity index (χ0v) is 35.8. The minimum absolute atomic E-state index is 0.124. The zero-order valence-electron chi connectivity index (χ0n) is 27.7. The van der Waals surface area contributed by atoms with Crippen LogP contribution < -0.4 is 0 Å². The van der Waals surface area contributed by atoms with Crippen LogP contribution in [0.15, 0.2) is 0 Å². The van der Waals surface area contributed by atoms with Gasteiger partial charge in [0.1, 0.15) is 0 Å². The molecular formula is C22H52O14Si8. The predicted octanol–water partition coefficient (Wildman–Crippen LogP) is 4.13. The maximum absolute atomic E-state index is 12.4. The summed E-state index contributed by atoms with van der Waals surface area (Å²) in [4.78, 5) is 24.6. The average molecular weight is 765 g/mol. The van der Waals surface area contributed by atoms with E-state index in [1.807, 2.05) is 55.4 Å². The van der Waals surface area contributed by atoms with Gasteiger partial charge in [0, 0.05) is 42.3 Å². The summed E-state index contributed by atoms with van der Waals surface area (Å²) in [5.74, 6) is -0.481. The lowest BCUT2D eigenvalue weighted by molar-refractivity contribution is -0.148. The molecule has 0 aromatic heterocycles. The second-order valence-electron chi connectivity index (χ2n) is 11.5. The lowest BCUT2D eigenvalue weighted by atomic mass is 10.1. The third-order valence-corrected chi connectivity index (χ3v) is 42.5. The third-order valence-electron chi connectivity index (χ3n) is 8.26. The minimum atomic E-state index is -4.08. The molecule has 0 aromatic carbocycles. The molecule has 4 rings (SSSR count). The van der Waals surface area contributed by atoms with Gasteiger partial charge < -0.3 is 54.8 Å². The van der Waals surface area contributed by atoms with Gasteiger partial charge in [-0.15, -0.1) is 0 Å². The topological polar surface area (TPSA) is 148 Å². The largest absolute Gasteiger partial charge is 0.483 e. The quantitative estimate of drug-likeness (QED) is 0.163. The van der Waals surface area contributed by atoms with Gasteiger partial charge in [0.15, 0.2) is 0 Å². The van der Waals surface area contributed by atoms with Gasteiger partial charge in [0.2, 0.25) is 0 Å². The van der Waals surface area contributed by atoms with E-state index in [0.717, 1.165) is 0 Å². The van der Waals surface area contributed by atoms with Crippen molar-refractivity contribution in [3.05, 3.63) is 0 Å². The molecule has 44 heavy (non-hydrogen) atoms. The number of fused-ring (bicyclic) bond motifs is 4. The van der Waals surface area contributed by atoms with E-state index in [2.05, 4.69) is 0 Å². The Kier molecular flexibility index (Phi) is 12.2. The first-order valence-electron chi connectivity index (χ1n) is 16.3. The van der Waals surface area contributed by atoms with Gasteiger partial charge in [-0.2, -0.15) is 0 Å². The monoisotopic (exact) mass is 764 g/mol. The van der Waals surface area contributed by atoms with E-state index in [4.69, 9.17) is 50.0 Å². The second-order valence-corrected chi connectivity index (χ2v) is 36.8. The van der Waals surface area contributed by atoms with Crippen molar-refractivity contribution in [2.45, 2.75) is 124 Å². The van der Waals surface area contributed by atoms with Crippen molar-refractivity contribution < 1.29 is 59.6 Å². The molecule has 4 aliphatic rings.